The number of hydrogen-bond donors (Lipinski definition) is 0. The van der Waals surface area contributed by atoms with E-state index in [-0.39, 0.29) is 84.9 Å². The second-order valence-corrected chi connectivity index (χ2v) is 37.0. The molecule has 9 fully saturated rings. The minimum atomic E-state index is -0.357. The molecule has 0 spiro atoms. The van der Waals surface area contributed by atoms with E-state index in [4.69, 9.17) is 23.7 Å². The fraction of sp³-hybridized carbons (Fsp3) is 0.940. The Bertz CT molecular complexity index is 2300. The topological polar surface area (TPSA) is 132 Å². The molecular formula is C84H150O10. The standard InChI is InChI=1S/C20H36O2.C19H30O2.C17H32O2.C15H28O2.C13H24O2/c1-5-19(2,3)18(21)22-20(4,16-12-8-6-9-13-16)17-14-10-7-11-15-17;1-5-18(2,3)17(20)21-19(4)10-13-9-14(19)16-12-7-6-11(8-12)15(13)16;1-5-16(2,3)15(18)19-17(4)13-11-9-7-6-8-10-12-14-17;1-6-14(2,3)13(16)17-15(4,5)12-10-8-7-9-11-12;1-5-12(2,3)11(14)15-13(4)9-7-6-8-10-13/h16-17H,5-15H2,1-4H3;11-16H,5-10H2,1-4H3;5-14H2,1-4H3;12H,6-11H2,1-5H3;5-10H2,1-4H3. The summed E-state index contributed by atoms with van der Waals surface area (Å²) in [6.07, 6.45) is 47.0. The number of rotatable bonds is 18. The number of hydrogen-bond acceptors (Lipinski definition) is 10. The molecular weight excluding hydrogens is 1170 g/mol. The second-order valence-electron chi connectivity index (χ2n) is 37.0. The minimum absolute atomic E-state index is 0.0189. The molecule has 0 amide bonds. The molecule has 546 valence electrons. The highest BCUT2D eigenvalue weighted by molar-refractivity contribution is 5.78. The van der Waals surface area contributed by atoms with Crippen LogP contribution in [-0.4, -0.2) is 57.9 Å². The van der Waals surface area contributed by atoms with Gasteiger partial charge in [0.05, 0.1) is 27.1 Å². The van der Waals surface area contributed by atoms with Gasteiger partial charge in [-0.3, -0.25) is 24.0 Å². The Morgan fingerprint density at radius 1 is 0.330 bits per heavy atom. The smallest absolute Gasteiger partial charge is 0.312 e. The first-order valence-electron chi connectivity index (χ1n) is 40.0. The van der Waals surface area contributed by atoms with Gasteiger partial charge >= 0.3 is 29.8 Å². The van der Waals surface area contributed by atoms with E-state index in [0.29, 0.717) is 23.7 Å². The number of carbonyl (C=O) groups is 5. The molecule has 7 atom stereocenters. The third kappa shape index (κ3) is 22.2. The van der Waals surface area contributed by atoms with Gasteiger partial charge in [0.1, 0.15) is 28.0 Å². The maximum atomic E-state index is 12.8. The number of esters is 5. The lowest BCUT2D eigenvalue weighted by molar-refractivity contribution is -0.187. The SMILES string of the molecule is CCC(C)(C)C(=O)OC(C)(C)C1CCCCC1.CCC(C)(C)C(=O)OC(C)(C1CCCCC1)C1CCCCC1.CCC(C)(C)C(=O)OC1(C)CC2CC1C1C3CCC(C3)C21.CCC(C)(C)C(=O)OC1(C)CCCCC1.CCC(C)(C)C(=O)OC1(C)CCCCCCCCC1. The first-order chi connectivity index (χ1) is 43.8. The molecule has 0 radical (unpaired) electrons. The number of fused-ring (bicyclic) bond motifs is 9. The number of carbonyl (C=O) groups excluding carboxylic acids is 5. The van der Waals surface area contributed by atoms with Crippen LogP contribution in [0, 0.1) is 80.3 Å². The van der Waals surface area contributed by atoms with Gasteiger partial charge in [-0.1, -0.05) is 131 Å². The van der Waals surface area contributed by atoms with Crippen molar-refractivity contribution in [3.63, 3.8) is 0 Å². The molecule has 4 bridgehead atoms. The van der Waals surface area contributed by atoms with Gasteiger partial charge in [-0.05, 0) is 312 Å². The van der Waals surface area contributed by atoms with E-state index >= 15 is 0 Å². The molecule has 0 saturated heterocycles. The predicted molar refractivity (Wildman–Crippen MR) is 387 cm³/mol. The van der Waals surface area contributed by atoms with Crippen molar-refractivity contribution >= 4 is 29.8 Å². The minimum Gasteiger partial charge on any atom is -0.459 e. The fourth-order valence-electron chi connectivity index (χ4n) is 17.7. The van der Waals surface area contributed by atoms with E-state index in [1.54, 1.807) is 0 Å². The third-order valence-corrected chi connectivity index (χ3v) is 27.2. The molecule has 0 N–H and O–H groups in total. The summed E-state index contributed by atoms with van der Waals surface area (Å²) < 4.78 is 29.9. The van der Waals surface area contributed by atoms with Gasteiger partial charge in [-0.15, -0.1) is 0 Å². The van der Waals surface area contributed by atoms with Crippen LogP contribution >= 0.6 is 0 Å². The first-order valence-corrected chi connectivity index (χ1v) is 40.0. The quantitative estimate of drug-likeness (QED) is 0.0742. The van der Waals surface area contributed by atoms with Gasteiger partial charge in [-0.25, -0.2) is 0 Å². The summed E-state index contributed by atoms with van der Waals surface area (Å²) in [5, 5.41) is 0. The van der Waals surface area contributed by atoms with Crippen LogP contribution in [0.25, 0.3) is 0 Å². The molecule has 9 aliphatic rings. The van der Waals surface area contributed by atoms with Crippen LogP contribution in [0.15, 0.2) is 0 Å². The van der Waals surface area contributed by atoms with Crippen LogP contribution in [0.2, 0.25) is 0 Å². The molecule has 9 rings (SSSR count). The van der Waals surface area contributed by atoms with Crippen LogP contribution in [0.1, 0.15) is 396 Å². The molecule has 9 saturated carbocycles. The van der Waals surface area contributed by atoms with Crippen LogP contribution in [0.5, 0.6) is 0 Å². The van der Waals surface area contributed by atoms with Crippen LogP contribution in [0.4, 0.5) is 0 Å². The van der Waals surface area contributed by atoms with Gasteiger partial charge < -0.3 is 23.7 Å². The van der Waals surface area contributed by atoms with Crippen molar-refractivity contribution < 1.29 is 47.7 Å². The van der Waals surface area contributed by atoms with E-state index < -0.39 is 0 Å². The van der Waals surface area contributed by atoms with E-state index in [1.165, 1.54) is 186 Å². The normalized spacial score (nSPS) is 27.8. The maximum absolute atomic E-state index is 12.8. The van der Waals surface area contributed by atoms with Crippen LogP contribution in [-0.2, 0) is 47.7 Å². The Hall–Kier alpha value is -2.65. The molecule has 0 heterocycles. The van der Waals surface area contributed by atoms with Gasteiger partial charge in [0, 0.05) is 5.92 Å². The van der Waals surface area contributed by atoms with Crippen molar-refractivity contribution in [3.05, 3.63) is 0 Å². The molecule has 9 aliphatic carbocycles. The van der Waals surface area contributed by atoms with E-state index in [2.05, 4.69) is 62.3 Å². The van der Waals surface area contributed by atoms with Crippen molar-refractivity contribution in [1.29, 1.82) is 0 Å². The van der Waals surface area contributed by atoms with Crippen molar-refractivity contribution in [1.82, 2.24) is 0 Å². The summed E-state index contributed by atoms with van der Waals surface area (Å²) in [6.45, 7) is 43.1. The molecule has 0 aromatic rings. The maximum Gasteiger partial charge on any atom is 0.312 e. The molecule has 10 heteroatoms. The highest BCUT2D eigenvalue weighted by Crippen LogP contribution is 2.70. The monoisotopic (exact) mass is 1320 g/mol. The largest absolute Gasteiger partial charge is 0.459 e. The zero-order valence-electron chi connectivity index (χ0n) is 65.4. The fourth-order valence-corrected chi connectivity index (χ4v) is 17.7. The predicted octanol–water partition coefficient (Wildman–Crippen LogP) is 23.6. The summed E-state index contributed by atoms with van der Waals surface area (Å²) in [6, 6.07) is 0. The lowest BCUT2D eigenvalue weighted by Gasteiger charge is -2.47. The van der Waals surface area contributed by atoms with E-state index in [9.17, 15) is 24.0 Å². The summed E-state index contributed by atoms with van der Waals surface area (Å²) in [7, 11) is 0. The highest BCUT2D eigenvalue weighted by atomic mass is 16.6. The molecule has 10 nitrogen and oxygen atoms in total. The van der Waals surface area contributed by atoms with Crippen molar-refractivity contribution in [2.45, 2.75) is 424 Å². The summed E-state index contributed by atoms with van der Waals surface area (Å²) in [5.41, 5.74) is -2.86. The Morgan fingerprint density at radius 2 is 0.628 bits per heavy atom. The first kappa shape index (κ1) is 82.0. The highest BCUT2D eigenvalue weighted by Gasteiger charge is 2.67. The Kier molecular flexibility index (Phi) is 30.6. The lowest BCUT2D eigenvalue weighted by atomic mass is 9.66. The Labute approximate surface area is 578 Å². The Morgan fingerprint density at radius 3 is 1.00 bits per heavy atom. The summed E-state index contributed by atoms with van der Waals surface area (Å²) in [4.78, 5) is 61.7. The van der Waals surface area contributed by atoms with Gasteiger partial charge in [0.2, 0.25) is 0 Å². The second kappa shape index (κ2) is 35.1. The zero-order chi connectivity index (χ0) is 70.2. The molecule has 0 aliphatic heterocycles. The molecule has 0 aromatic carbocycles. The average molecular weight is 1320 g/mol. The lowest BCUT2D eigenvalue weighted by Crippen LogP contribution is -2.49. The van der Waals surface area contributed by atoms with Gasteiger partial charge in [-0.2, -0.15) is 0 Å². The molecule has 7 unspecified atom stereocenters. The molecule has 0 aromatic heterocycles. The van der Waals surface area contributed by atoms with Crippen LogP contribution < -0.4 is 0 Å². The summed E-state index contributed by atoms with van der Waals surface area (Å²) >= 11 is 0. The van der Waals surface area contributed by atoms with Crippen molar-refractivity contribution in [2.24, 2.45) is 80.3 Å². The van der Waals surface area contributed by atoms with Crippen LogP contribution in [0.3, 0.4) is 0 Å². The van der Waals surface area contributed by atoms with Gasteiger partial charge in [0.15, 0.2) is 0 Å². The number of ether oxygens (including phenoxy) is 5. The third-order valence-electron chi connectivity index (χ3n) is 27.2. The average Bonchev–Trinajstić information content (AvgIpc) is 1.54. The van der Waals surface area contributed by atoms with E-state index in [0.717, 1.165) is 93.8 Å². The Balaban J connectivity index is 0.000000214. The molecule has 94 heavy (non-hydrogen) atoms. The van der Waals surface area contributed by atoms with Gasteiger partial charge in [0.25, 0.3) is 0 Å². The van der Waals surface area contributed by atoms with E-state index in [1.807, 2.05) is 83.1 Å². The zero-order valence-corrected chi connectivity index (χ0v) is 65.4. The van der Waals surface area contributed by atoms with Crippen molar-refractivity contribution in [3.8, 4) is 0 Å². The summed E-state index contributed by atoms with van der Waals surface area (Å²) in [5.74, 6) is 6.96. The van der Waals surface area contributed by atoms with Crippen molar-refractivity contribution in [2.75, 3.05) is 0 Å².